The maximum absolute atomic E-state index is 12.5. The summed E-state index contributed by atoms with van der Waals surface area (Å²) in [4.78, 5) is 16.8. The van der Waals surface area contributed by atoms with Gasteiger partial charge < -0.3 is 10.6 Å². The van der Waals surface area contributed by atoms with Gasteiger partial charge in [-0.3, -0.25) is 4.79 Å². The number of hydrogen-bond acceptors (Lipinski definition) is 4. The van der Waals surface area contributed by atoms with Crippen LogP contribution in [0.4, 0.5) is 5.82 Å². The van der Waals surface area contributed by atoms with Crippen LogP contribution in [0.5, 0.6) is 0 Å². The van der Waals surface area contributed by atoms with Crippen molar-refractivity contribution < 1.29 is 4.79 Å². The molecule has 0 fully saturated rings. The second kappa shape index (κ2) is 7.31. The predicted octanol–water partition coefficient (Wildman–Crippen LogP) is 3.15. The molecule has 1 atom stereocenters. The van der Waals surface area contributed by atoms with E-state index in [0.29, 0.717) is 5.56 Å². The number of aromatic nitrogens is 1. The molecule has 0 spiro atoms. The summed E-state index contributed by atoms with van der Waals surface area (Å²) in [5.74, 6) is 2.70. The highest BCUT2D eigenvalue weighted by Crippen LogP contribution is 2.24. The zero-order valence-corrected chi connectivity index (χ0v) is 13.5. The van der Waals surface area contributed by atoms with Gasteiger partial charge in [0, 0.05) is 30.4 Å². The van der Waals surface area contributed by atoms with Gasteiger partial charge in [-0.05, 0) is 18.1 Å². The first kappa shape index (κ1) is 15.6. The Kier molecular flexibility index (Phi) is 5.44. The van der Waals surface area contributed by atoms with Crippen molar-refractivity contribution in [1.82, 2.24) is 10.3 Å². The first-order chi connectivity index (χ1) is 10.2. The Morgan fingerprint density at radius 1 is 1.33 bits per heavy atom. The van der Waals surface area contributed by atoms with Gasteiger partial charge in [0.15, 0.2) is 0 Å². The number of pyridine rings is 1. The standard InChI is InChI=1S/C16H21N3OS/c1-4-21-10-11(2)19-16(20)14-9-18-15(17-3)13-8-6-5-7-12(13)14/h5-9,11H,4,10H2,1-3H3,(H,17,18)(H,19,20). The molecule has 1 amide bonds. The highest BCUT2D eigenvalue weighted by molar-refractivity contribution is 7.99. The van der Waals surface area contributed by atoms with E-state index in [-0.39, 0.29) is 11.9 Å². The van der Waals surface area contributed by atoms with Crippen molar-refractivity contribution in [2.45, 2.75) is 19.9 Å². The molecule has 0 saturated carbocycles. The number of rotatable bonds is 6. The Morgan fingerprint density at radius 3 is 2.71 bits per heavy atom. The van der Waals surface area contributed by atoms with Crippen molar-refractivity contribution in [3.05, 3.63) is 36.0 Å². The average molecular weight is 303 g/mol. The van der Waals surface area contributed by atoms with E-state index in [1.54, 1.807) is 6.20 Å². The lowest BCUT2D eigenvalue weighted by atomic mass is 10.1. The fourth-order valence-corrected chi connectivity index (χ4v) is 2.88. The van der Waals surface area contributed by atoms with Gasteiger partial charge in [-0.15, -0.1) is 0 Å². The topological polar surface area (TPSA) is 54.0 Å². The summed E-state index contributed by atoms with van der Waals surface area (Å²) in [5.41, 5.74) is 0.623. The van der Waals surface area contributed by atoms with Crippen molar-refractivity contribution in [2.24, 2.45) is 0 Å². The zero-order chi connectivity index (χ0) is 15.2. The van der Waals surface area contributed by atoms with Crippen LogP contribution in [-0.2, 0) is 0 Å². The molecule has 1 aromatic carbocycles. The van der Waals surface area contributed by atoms with Crippen LogP contribution in [-0.4, -0.2) is 35.5 Å². The molecule has 0 aliphatic heterocycles. The molecule has 2 N–H and O–H groups in total. The van der Waals surface area contributed by atoms with Gasteiger partial charge in [-0.2, -0.15) is 11.8 Å². The largest absolute Gasteiger partial charge is 0.373 e. The third-order valence-corrected chi connectivity index (χ3v) is 4.37. The maximum Gasteiger partial charge on any atom is 0.253 e. The number of anilines is 1. The van der Waals surface area contributed by atoms with Crippen LogP contribution in [0.15, 0.2) is 30.5 Å². The van der Waals surface area contributed by atoms with Gasteiger partial charge in [0.05, 0.1) is 5.56 Å². The van der Waals surface area contributed by atoms with Crippen LogP contribution in [0.25, 0.3) is 10.8 Å². The number of carbonyl (C=O) groups is 1. The molecule has 5 heteroatoms. The lowest BCUT2D eigenvalue weighted by molar-refractivity contribution is 0.0945. The van der Waals surface area contributed by atoms with Crippen LogP contribution < -0.4 is 10.6 Å². The fourth-order valence-electron chi connectivity index (χ4n) is 2.21. The van der Waals surface area contributed by atoms with Gasteiger partial charge in [0.2, 0.25) is 0 Å². The van der Waals surface area contributed by atoms with Crippen LogP contribution in [0.1, 0.15) is 24.2 Å². The van der Waals surface area contributed by atoms with Gasteiger partial charge in [-0.25, -0.2) is 4.98 Å². The summed E-state index contributed by atoms with van der Waals surface area (Å²) in [6.07, 6.45) is 1.64. The molecule has 1 unspecified atom stereocenters. The van der Waals surface area contributed by atoms with Crippen molar-refractivity contribution in [2.75, 3.05) is 23.9 Å². The fraction of sp³-hybridized carbons (Fsp3) is 0.375. The van der Waals surface area contributed by atoms with Gasteiger partial charge in [0.1, 0.15) is 5.82 Å². The number of fused-ring (bicyclic) bond motifs is 1. The molecule has 0 saturated heterocycles. The Morgan fingerprint density at radius 2 is 2.05 bits per heavy atom. The molecule has 0 aliphatic rings. The van der Waals surface area contributed by atoms with Crippen molar-refractivity contribution in [3.63, 3.8) is 0 Å². The molecule has 0 radical (unpaired) electrons. The minimum absolute atomic E-state index is 0.0643. The average Bonchev–Trinajstić information content (AvgIpc) is 2.51. The van der Waals surface area contributed by atoms with Gasteiger partial charge >= 0.3 is 0 Å². The number of amides is 1. The Balaban J connectivity index is 2.28. The van der Waals surface area contributed by atoms with E-state index in [1.807, 2.05) is 50.0 Å². The summed E-state index contributed by atoms with van der Waals surface area (Å²) in [6, 6.07) is 7.96. The first-order valence-electron chi connectivity index (χ1n) is 7.11. The van der Waals surface area contributed by atoms with Crippen LogP contribution in [0.2, 0.25) is 0 Å². The second-order valence-corrected chi connectivity index (χ2v) is 6.17. The van der Waals surface area contributed by atoms with E-state index in [9.17, 15) is 4.79 Å². The molecule has 2 rings (SSSR count). The molecule has 4 nitrogen and oxygen atoms in total. The first-order valence-corrected chi connectivity index (χ1v) is 8.27. The van der Waals surface area contributed by atoms with Crippen LogP contribution in [0.3, 0.4) is 0 Å². The number of carbonyl (C=O) groups excluding carboxylic acids is 1. The second-order valence-electron chi connectivity index (χ2n) is 4.85. The number of benzene rings is 1. The van der Waals surface area contributed by atoms with Gasteiger partial charge in [-0.1, -0.05) is 31.2 Å². The van der Waals surface area contributed by atoms with Crippen LogP contribution >= 0.6 is 11.8 Å². The van der Waals surface area contributed by atoms with E-state index in [0.717, 1.165) is 28.1 Å². The smallest absolute Gasteiger partial charge is 0.253 e. The van der Waals surface area contributed by atoms with E-state index >= 15 is 0 Å². The molecule has 0 bridgehead atoms. The SMILES string of the molecule is CCSCC(C)NC(=O)c1cnc(NC)c2ccccc12. The Hall–Kier alpha value is -1.75. The lowest BCUT2D eigenvalue weighted by Crippen LogP contribution is -2.34. The van der Waals surface area contributed by atoms with E-state index in [1.165, 1.54) is 0 Å². The highest BCUT2D eigenvalue weighted by atomic mass is 32.2. The number of nitrogens with zero attached hydrogens (tertiary/aromatic N) is 1. The molecule has 1 aromatic heterocycles. The quantitative estimate of drug-likeness (QED) is 0.861. The molecular weight excluding hydrogens is 282 g/mol. The summed E-state index contributed by atoms with van der Waals surface area (Å²) < 4.78 is 0. The monoisotopic (exact) mass is 303 g/mol. The molecule has 21 heavy (non-hydrogen) atoms. The minimum atomic E-state index is -0.0643. The van der Waals surface area contributed by atoms with E-state index in [4.69, 9.17) is 0 Å². The molecular formula is C16H21N3OS. The summed E-state index contributed by atoms with van der Waals surface area (Å²) in [6.45, 7) is 4.14. The molecule has 112 valence electrons. The lowest BCUT2D eigenvalue weighted by Gasteiger charge is -2.15. The summed E-state index contributed by atoms with van der Waals surface area (Å²) >= 11 is 1.82. The normalized spacial score (nSPS) is 12.1. The number of hydrogen-bond donors (Lipinski definition) is 2. The predicted molar refractivity (Wildman–Crippen MR) is 91.2 cm³/mol. The Labute approximate surface area is 129 Å². The van der Waals surface area contributed by atoms with E-state index in [2.05, 4.69) is 22.5 Å². The van der Waals surface area contributed by atoms with E-state index < -0.39 is 0 Å². The zero-order valence-electron chi connectivity index (χ0n) is 12.6. The molecule has 0 aliphatic carbocycles. The van der Waals surface area contributed by atoms with Crippen molar-refractivity contribution in [3.8, 4) is 0 Å². The summed E-state index contributed by atoms with van der Waals surface area (Å²) in [7, 11) is 1.83. The minimum Gasteiger partial charge on any atom is -0.373 e. The van der Waals surface area contributed by atoms with Crippen LogP contribution in [0, 0.1) is 0 Å². The molecule has 2 aromatic rings. The third-order valence-electron chi connectivity index (χ3n) is 3.23. The summed E-state index contributed by atoms with van der Waals surface area (Å²) in [5, 5.41) is 7.98. The third kappa shape index (κ3) is 3.67. The Bertz CT molecular complexity index is 630. The highest BCUT2D eigenvalue weighted by Gasteiger charge is 2.14. The molecule has 1 heterocycles. The van der Waals surface area contributed by atoms with Crippen molar-refractivity contribution >= 4 is 34.3 Å². The van der Waals surface area contributed by atoms with Gasteiger partial charge in [0.25, 0.3) is 5.91 Å². The maximum atomic E-state index is 12.5. The number of nitrogens with one attached hydrogen (secondary N) is 2. The number of thioether (sulfide) groups is 1. The van der Waals surface area contributed by atoms with Crippen molar-refractivity contribution in [1.29, 1.82) is 0 Å².